The van der Waals surface area contributed by atoms with Gasteiger partial charge in [-0.15, -0.1) is 0 Å². The fourth-order valence-corrected chi connectivity index (χ4v) is 5.13. The molecule has 1 saturated carbocycles. The minimum atomic E-state index is 0.189. The van der Waals surface area contributed by atoms with Gasteiger partial charge in [0.1, 0.15) is 5.75 Å². The molecule has 2 fully saturated rings. The van der Waals surface area contributed by atoms with Gasteiger partial charge < -0.3 is 14.8 Å². The van der Waals surface area contributed by atoms with Crippen molar-refractivity contribution >= 4 is 0 Å². The highest BCUT2D eigenvalue weighted by Crippen LogP contribution is 2.49. The summed E-state index contributed by atoms with van der Waals surface area (Å²) in [4.78, 5) is 0. The minimum absolute atomic E-state index is 0.189. The summed E-state index contributed by atoms with van der Waals surface area (Å²) in [6.45, 7) is 7.27. The van der Waals surface area contributed by atoms with Crippen LogP contribution in [0.3, 0.4) is 0 Å². The van der Waals surface area contributed by atoms with Crippen LogP contribution in [-0.4, -0.2) is 26.3 Å². The standard InChI is InChI=1S/C23H29NO2.C4H8/c1-17-22-14-19-8-9-20(25-2)15-21(19)23(17,10-12-24-22)11-13-26-16-18-6-4-3-5-7-18;1-4-2-3-4/h3-9,15,17,22,24H,10-14,16H2,1-2H3;4H,2-3H2,1H3. The fourth-order valence-electron chi connectivity index (χ4n) is 5.13. The summed E-state index contributed by atoms with van der Waals surface area (Å²) in [5.74, 6) is 2.66. The first-order valence-corrected chi connectivity index (χ1v) is 11.6. The van der Waals surface area contributed by atoms with Crippen LogP contribution in [0, 0.1) is 11.8 Å². The van der Waals surface area contributed by atoms with Crippen LogP contribution in [0.4, 0.5) is 0 Å². The highest BCUT2D eigenvalue weighted by atomic mass is 16.5. The van der Waals surface area contributed by atoms with Crippen molar-refractivity contribution in [3.8, 4) is 5.75 Å². The third-order valence-electron chi connectivity index (χ3n) is 7.42. The smallest absolute Gasteiger partial charge is 0.119 e. The molecular weight excluding hydrogens is 370 g/mol. The summed E-state index contributed by atoms with van der Waals surface area (Å²) >= 11 is 0. The molecule has 0 aromatic heterocycles. The van der Waals surface area contributed by atoms with Gasteiger partial charge in [0.05, 0.1) is 13.7 Å². The summed E-state index contributed by atoms with van der Waals surface area (Å²) in [5, 5.41) is 3.74. The maximum atomic E-state index is 6.08. The molecule has 3 unspecified atom stereocenters. The van der Waals surface area contributed by atoms with Crippen LogP contribution in [-0.2, 0) is 23.2 Å². The third-order valence-corrected chi connectivity index (χ3v) is 7.42. The molecule has 2 aromatic rings. The number of ether oxygens (including phenoxy) is 2. The van der Waals surface area contributed by atoms with Crippen molar-refractivity contribution < 1.29 is 9.47 Å². The van der Waals surface area contributed by atoms with E-state index in [4.69, 9.17) is 9.47 Å². The summed E-state index contributed by atoms with van der Waals surface area (Å²) in [7, 11) is 1.76. The van der Waals surface area contributed by atoms with E-state index in [0.717, 1.165) is 37.7 Å². The van der Waals surface area contributed by atoms with E-state index in [9.17, 15) is 0 Å². The third kappa shape index (κ3) is 4.73. The summed E-state index contributed by atoms with van der Waals surface area (Å²) in [6.07, 6.45) is 6.33. The Morgan fingerprint density at radius 2 is 1.83 bits per heavy atom. The maximum Gasteiger partial charge on any atom is 0.119 e. The van der Waals surface area contributed by atoms with E-state index in [0.29, 0.717) is 18.6 Å². The van der Waals surface area contributed by atoms with Crippen molar-refractivity contribution in [1.29, 1.82) is 0 Å². The Morgan fingerprint density at radius 3 is 2.53 bits per heavy atom. The molecule has 30 heavy (non-hydrogen) atoms. The molecule has 1 heterocycles. The molecule has 3 aliphatic rings. The molecule has 0 radical (unpaired) electrons. The molecule has 2 aromatic carbocycles. The van der Waals surface area contributed by atoms with Crippen LogP contribution >= 0.6 is 0 Å². The molecule has 1 N–H and O–H groups in total. The van der Waals surface area contributed by atoms with E-state index in [2.05, 4.69) is 61.6 Å². The first-order chi connectivity index (χ1) is 14.6. The SMILES string of the molecule is CC1CC1.COc1ccc2c(c1)C1(CCOCc3ccccc3)CCNC(C2)C1C. The van der Waals surface area contributed by atoms with Crippen molar-refractivity contribution in [2.24, 2.45) is 11.8 Å². The van der Waals surface area contributed by atoms with Gasteiger partial charge in [0, 0.05) is 18.1 Å². The average molecular weight is 408 g/mol. The van der Waals surface area contributed by atoms with Crippen LogP contribution in [0.25, 0.3) is 0 Å². The van der Waals surface area contributed by atoms with Crippen molar-refractivity contribution in [3.63, 3.8) is 0 Å². The Kier molecular flexibility index (Phi) is 6.80. The Bertz CT molecular complexity index is 817. The maximum absolute atomic E-state index is 6.08. The van der Waals surface area contributed by atoms with E-state index in [1.165, 1.54) is 36.0 Å². The zero-order valence-corrected chi connectivity index (χ0v) is 18.8. The normalized spacial score (nSPS) is 26.9. The lowest BCUT2D eigenvalue weighted by Crippen LogP contribution is -2.57. The molecular formula is C27H37NO2. The quantitative estimate of drug-likeness (QED) is 0.641. The lowest BCUT2D eigenvalue weighted by Gasteiger charge is -2.52. The van der Waals surface area contributed by atoms with E-state index in [-0.39, 0.29) is 5.41 Å². The van der Waals surface area contributed by atoms with Gasteiger partial charge in [-0.2, -0.15) is 0 Å². The number of nitrogens with one attached hydrogen (secondary N) is 1. The van der Waals surface area contributed by atoms with Crippen molar-refractivity contribution in [3.05, 3.63) is 65.2 Å². The number of piperidine rings is 1. The number of benzene rings is 2. The second-order valence-electron chi connectivity index (χ2n) is 9.45. The average Bonchev–Trinajstić information content (AvgIpc) is 3.56. The van der Waals surface area contributed by atoms with Crippen LogP contribution in [0.1, 0.15) is 56.2 Å². The highest BCUT2D eigenvalue weighted by molar-refractivity contribution is 5.45. The van der Waals surface area contributed by atoms with Gasteiger partial charge in [0.15, 0.2) is 0 Å². The van der Waals surface area contributed by atoms with Crippen LogP contribution in [0.2, 0.25) is 0 Å². The first kappa shape index (κ1) is 21.4. The molecule has 5 rings (SSSR count). The fraction of sp³-hybridized carbons (Fsp3) is 0.556. The monoisotopic (exact) mass is 407 g/mol. The van der Waals surface area contributed by atoms with Gasteiger partial charge >= 0.3 is 0 Å². The minimum Gasteiger partial charge on any atom is -0.497 e. The molecule has 2 aliphatic carbocycles. The van der Waals surface area contributed by atoms with Gasteiger partial charge in [-0.1, -0.05) is 63.1 Å². The number of methoxy groups -OCH3 is 1. The van der Waals surface area contributed by atoms with Crippen LogP contribution < -0.4 is 10.1 Å². The van der Waals surface area contributed by atoms with Gasteiger partial charge in [0.2, 0.25) is 0 Å². The lowest BCUT2D eigenvalue weighted by atomic mass is 9.57. The largest absolute Gasteiger partial charge is 0.497 e. The first-order valence-electron chi connectivity index (χ1n) is 11.6. The van der Waals surface area contributed by atoms with E-state index in [1.54, 1.807) is 7.11 Å². The number of hydrogen-bond acceptors (Lipinski definition) is 3. The van der Waals surface area contributed by atoms with Gasteiger partial charge in [-0.3, -0.25) is 0 Å². The van der Waals surface area contributed by atoms with Crippen molar-refractivity contribution in [1.82, 2.24) is 5.32 Å². The molecule has 162 valence electrons. The molecule has 2 bridgehead atoms. The molecule has 3 nitrogen and oxygen atoms in total. The van der Waals surface area contributed by atoms with E-state index in [1.807, 2.05) is 6.07 Å². The molecule has 3 heteroatoms. The van der Waals surface area contributed by atoms with E-state index < -0.39 is 0 Å². The number of hydrogen-bond donors (Lipinski definition) is 1. The molecule has 0 spiro atoms. The number of rotatable bonds is 6. The van der Waals surface area contributed by atoms with Gasteiger partial charge in [0.25, 0.3) is 0 Å². The second kappa shape index (κ2) is 9.53. The zero-order valence-electron chi connectivity index (χ0n) is 18.8. The predicted molar refractivity (Wildman–Crippen MR) is 123 cm³/mol. The Balaban J connectivity index is 0.000000489. The molecule has 1 saturated heterocycles. The Morgan fingerprint density at radius 1 is 1.07 bits per heavy atom. The van der Waals surface area contributed by atoms with Crippen LogP contribution in [0.5, 0.6) is 5.75 Å². The van der Waals surface area contributed by atoms with Gasteiger partial charge in [-0.25, -0.2) is 0 Å². The summed E-state index contributed by atoms with van der Waals surface area (Å²) in [5.41, 5.74) is 4.40. The lowest BCUT2D eigenvalue weighted by molar-refractivity contribution is 0.0610. The zero-order chi connectivity index (χ0) is 21.0. The Hall–Kier alpha value is -1.84. The molecule has 0 amide bonds. The molecule has 3 atom stereocenters. The number of fused-ring (bicyclic) bond motifs is 4. The summed E-state index contributed by atoms with van der Waals surface area (Å²) < 4.78 is 11.6. The van der Waals surface area contributed by atoms with Crippen molar-refractivity contribution in [2.45, 2.75) is 64.0 Å². The topological polar surface area (TPSA) is 30.5 Å². The Labute approximate surface area is 182 Å². The predicted octanol–water partition coefficient (Wildman–Crippen LogP) is 5.51. The molecule has 1 aliphatic heterocycles. The van der Waals surface area contributed by atoms with Gasteiger partial charge in [-0.05, 0) is 66.5 Å². The highest BCUT2D eigenvalue weighted by Gasteiger charge is 2.48. The second-order valence-corrected chi connectivity index (χ2v) is 9.45. The van der Waals surface area contributed by atoms with Crippen LogP contribution in [0.15, 0.2) is 48.5 Å². The summed E-state index contributed by atoms with van der Waals surface area (Å²) in [6, 6.07) is 17.7. The van der Waals surface area contributed by atoms with E-state index >= 15 is 0 Å². The van der Waals surface area contributed by atoms with Crippen molar-refractivity contribution in [2.75, 3.05) is 20.3 Å².